The maximum atomic E-state index is 6.07. The summed E-state index contributed by atoms with van der Waals surface area (Å²) in [6.45, 7) is 7.31. The van der Waals surface area contributed by atoms with Crippen LogP contribution in [0.4, 0.5) is 0 Å². The molecule has 0 bridgehead atoms. The number of hydrogen-bond acceptors (Lipinski definition) is 2. The van der Waals surface area contributed by atoms with Gasteiger partial charge in [-0.05, 0) is 6.42 Å². The number of methoxy groups -OCH3 is 1. The van der Waals surface area contributed by atoms with Crippen LogP contribution < -0.4 is 0 Å². The summed E-state index contributed by atoms with van der Waals surface area (Å²) in [5.74, 6) is 0. The molecule has 0 N–H and O–H groups in total. The smallest absolute Gasteiger partial charge is 0.140 e. The van der Waals surface area contributed by atoms with Gasteiger partial charge in [0.2, 0.25) is 0 Å². The molecule has 2 nitrogen and oxygen atoms in total. The molecule has 0 radical (unpaired) electrons. The first kappa shape index (κ1) is 17.8. The first-order chi connectivity index (χ1) is 9.18. The van der Waals surface area contributed by atoms with Gasteiger partial charge in [-0.1, -0.05) is 58.5 Å². The third-order valence-electron chi connectivity index (χ3n) is 4.91. The largest absolute Gasteiger partial charge is 0.432 e. The summed E-state index contributed by atoms with van der Waals surface area (Å²) < 4.78 is 12.0. The number of rotatable bonds is 9. The molecule has 1 saturated heterocycles. The van der Waals surface area contributed by atoms with Gasteiger partial charge in [0, 0.05) is 27.6 Å². The van der Waals surface area contributed by atoms with Crippen LogP contribution >= 0.6 is 0 Å². The molecule has 3 unspecified atom stereocenters. The minimum absolute atomic E-state index is 0.0505. The van der Waals surface area contributed by atoms with Crippen molar-refractivity contribution in [3.05, 3.63) is 0 Å². The van der Waals surface area contributed by atoms with Crippen LogP contribution in [0.25, 0.3) is 0 Å². The first-order valence-corrected chi connectivity index (χ1v) is 21.5. The van der Waals surface area contributed by atoms with Crippen LogP contribution in [0, 0.1) is 0 Å². The topological polar surface area (TPSA) is 18.5 Å². The van der Waals surface area contributed by atoms with Crippen molar-refractivity contribution in [1.82, 2.24) is 0 Å². The minimum Gasteiger partial charge on any atom is -0.432 e. The Morgan fingerprint density at radius 2 is 2.00 bits per heavy atom. The van der Waals surface area contributed by atoms with E-state index >= 15 is 0 Å². The third-order valence-corrected chi connectivity index (χ3v) is 49.7. The summed E-state index contributed by atoms with van der Waals surface area (Å²) in [6, 6.07) is 1.55. The first-order valence-electron chi connectivity index (χ1n) is 8.28. The van der Waals surface area contributed by atoms with E-state index in [-0.39, 0.29) is 17.8 Å². The molecule has 19 heavy (non-hydrogen) atoms. The van der Waals surface area contributed by atoms with Gasteiger partial charge < -0.3 is 9.16 Å². The number of ether oxygens (including phenoxy) is 1. The molecule has 1 heterocycles. The van der Waals surface area contributed by atoms with E-state index < -0.39 is 15.4 Å². The fraction of sp³-hybridized carbons (Fsp3) is 1.00. The highest BCUT2D eigenvalue weighted by Gasteiger charge is 2.44. The van der Waals surface area contributed by atoms with Gasteiger partial charge in [-0.25, -0.2) is 0 Å². The average Bonchev–Trinajstić information content (AvgIpc) is 2.42. The third kappa shape index (κ3) is 5.59. The predicted molar refractivity (Wildman–Crippen MR) is 96.5 cm³/mol. The summed E-state index contributed by atoms with van der Waals surface area (Å²) in [7, 11) is 0.527. The fourth-order valence-corrected chi connectivity index (χ4v) is 64.0. The Morgan fingerprint density at radius 3 is 2.63 bits per heavy atom. The Morgan fingerprint density at radius 1 is 1.26 bits per heavy atom. The van der Waals surface area contributed by atoms with Gasteiger partial charge in [-0.2, -0.15) is 0 Å². The Bertz CT molecular complexity index is 239. The maximum Gasteiger partial charge on any atom is 0.140 e. The van der Waals surface area contributed by atoms with Crippen LogP contribution in [0.15, 0.2) is 0 Å². The zero-order valence-corrected chi connectivity index (χ0v) is 18.5. The van der Waals surface area contributed by atoms with Crippen molar-refractivity contribution >= 4 is 33.3 Å². The van der Waals surface area contributed by atoms with Crippen LogP contribution in [0.5, 0.6) is 0 Å². The van der Waals surface area contributed by atoms with Crippen LogP contribution in [0.2, 0.25) is 12.6 Å². The summed E-state index contributed by atoms with van der Waals surface area (Å²) in [5.41, 5.74) is 0.704. The molecular formula is C13H34O2Si4. The van der Waals surface area contributed by atoms with Crippen LogP contribution in [0.3, 0.4) is 0 Å². The molecule has 1 fully saturated rings. The van der Waals surface area contributed by atoms with Crippen LogP contribution in [-0.4, -0.2) is 52.3 Å². The Labute approximate surface area is 126 Å². The molecule has 0 saturated carbocycles. The van der Waals surface area contributed by atoms with Crippen LogP contribution in [0.1, 0.15) is 52.4 Å². The predicted octanol–water partition coefficient (Wildman–Crippen LogP) is 1.54. The molecule has 1 aliphatic rings. The van der Waals surface area contributed by atoms with Crippen molar-refractivity contribution in [2.45, 2.75) is 70.7 Å². The highest BCUT2D eigenvalue weighted by molar-refractivity contribution is 7.61. The lowest BCUT2D eigenvalue weighted by Crippen LogP contribution is -2.67. The average molecular weight is 335 g/mol. The van der Waals surface area contributed by atoms with Gasteiger partial charge in [0.25, 0.3) is 0 Å². The normalized spacial score (nSPS) is 31.9. The fourth-order valence-electron chi connectivity index (χ4n) is 3.61. The molecule has 0 amide bonds. The van der Waals surface area contributed by atoms with Crippen molar-refractivity contribution in [3.63, 3.8) is 0 Å². The molecule has 6 heteroatoms. The van der Waals surface area contributed by atoms with Crippen molar-refractivity contribution in [2.75, 3.05) is 13.3 Å². The number of hydrogen-bond donors (Lipinski definition) is 0. The second-order valence-electron chi connectivity index (χ2n) is 6.45. The lowest BCUT2D eigenvalue weighted by molar-refractivity contribution is 0.161. The molecule has 0 aromatic rings. The lowest BCUT2D eigenvalue weighted by Gasteiger charge is -2.42. The summed E-state index contributed by atoms with van der Waals surface area (Å²) in [6.07, 6.45) is 9.65. The Kier molecular flexibility index (Phi) is 9.08. The van der Waals surface area contributed by atoms with Gasteiger partial charge in [0.15, 0.2) is 0 Å². The zero-order valence-electron chi connectivity index (χ0n) is 13.5. The molecule has 114 valence electrons. The molecule has 3 atom stereocenters. The molecule has 0 spiro atoms. The van der Waals surface area contributed by atoms with E-state index in [0.717, 1.165) is 0 Å². The summed E-state index contributed by atoms with van der Waals surface area (Å²) in [4.78, 5) is 0. The quantitative estimate of drug-likeness (QED) is 0.470. The van der Waals surface area contributed by atoms with E-state index in [9.17, 15) is 0 Å². The second kappa shape index (κ2) is 9.67. The molecule has 1 aliphatic heterocycles. The van der Waals surface area contributed by atoms with Gasteiger partial charge in [-0.15, -0.1) is 0 Å². The van der Waals surface area contributed by atoms with E-state index in [2.05, 4.69) is 20.4 Å². The van der Waals surface area contributed by atoms with Crippen LogP contribution in [-0.2, 0) is 9.16 Å². The van der Waals surface area contributed by atoms with Gasteiger partial charge >= 0.3 is 0 Å². The summed E-state index contributed by atoms with van der Waals surface area (Å²) >= 11 is 0. The molecule has 0 aromatic heterocycles. The molecule has 0 aliphatic carbocycles. The summed E-state index contributed by atoms with van der Waals surface area (Å²) in [5, 5.41) is 0. The maximum absolute atomic E-state index is 6.07. The van der Waals surface area contributed by atoms with E-state index in [1.54, 1.807) is 6.04 Å². The van der Waals surface area contributed by atoms with Gasteiger partial charge in [0.1, 0.15) is 9.28 Å². The van der Waals surface area contributed by atoms with E-state index in [4.69, 9.17) is 9.16 Å². The lowest BCUT2D eigenvalue weighted by atomic mass is 10.2. The van der Waals surface area contributed by atoms with Crippen molar-refractivity contribution in [1.29, 1.82) is 0 Å². The van der Waals surface area contributed by atoms with Gasteiger partial charge in [-0.3, -0.25) is 0 Å². The Balaban J connectivity index is 2.48. The highest BCUT2D eigenvalue weighted by Crippen LogP contribution is 2.24. The van der Waals surface area contributed by atoms with E-state index in [1.807, 2.05) is 7.11 Å². The van der Waals surface area contributed by atoms with E-state index in [0.29, 0.717) is 5.73 Å². The molecule has 1 rings (SSSR count). The van der Waals surface area contributed by atoms with Crippen molar-refractivity contribution in [2.24, 2.45) is 0 Å². The number of unbranched alkanes of at least 4 members (excludes halogenated alkanes) is 4. The zero-order chi connectivity index (χ0) is 14.1. The Hall–Kier alpha value is 0.788. The van der Waals surface area contributed by atoms with Crippen molar-refractivity contribution < 1.29 is 9.16 Å². The van der Waals surface area contributed by atoms with Gasteiger partial charge in [0.05, 0.1) is 15.4 Å². The monoisotopic (exact) mass is 334 g/mol. The van der Waals surface area contributed by atoms with Crippen molar-refractivity contribution in [3.8, 4) is 0 Å². The molecule has 0 aromatic carbocycles. The SMILES string of the molecule is CCCCCCC[Si]1(C)CO[SiH2][SiH2][SiH]1C(CC)OC. The second-order valence-corrected chi connectivity index (χ2v) is 33.5. The highest BCUT2D eigenvalue weighted by atomic mass is 29.8. The van der Waals surface area contributed by atoms with E-state index in [1.165, 1.54) is 44.8 Å². The minimum atomic E-state index is -1.04. The molecular weight excluding hydrogens is 300 g/mol. The standard InChI is InChI=1S/C13H34O2Si4/c1-5-7-8-9-10-11-19(4)12-15-16-17-18(19)13(6-2)14-3/h13,18H,5-12,16-17H2,1-4H3.